The van der Waals surface area contributed by atoms with Gasteiger partial charge < -0.3 is 15.2 Å². The van der Waals surface area contributed by atoms with Gasteiger partial charge >= 0.3 is 24.8 Å². The van der Waals surface area contributed by atoms with Crippen LogP contribution in [0.2, 0.25) is 0 Å². The fourth-order valence-electron chi connectivity index (χ4n) is 4.45. The summed E-state index contributed by atoms with van der Waals surface area (Å²) in [6.07, 6.45) is 3.87. The van der Waals surface area contributed by atoms with Crippen LogP contribution in [0.1, 0.15) is 33.5 Å². The van der Waals surface area contributed by atoms with E-state index >= 15 is 0 Å². The number of rotatable bonds is 12. The molecule has 7 heteroatoms. The number of nitrogens with one attached hydrogen (secondary N) is 1. The van der Waals surface area contributed by atoms with Gasteiger partial charge in [0.05, 0.1) is 0 Å². The van der Waals surface area contributed by atoms with E-state index in [1.54, 1.807) is 11.8 Å². The molecule has 0 aromatic heterocycles. The fraction of sp³-hybridized carbons (Fsp3) is 0.212. The van der Waals surface area contributed by atoms with Crippen LogP contribution < -0.4 is 10.1 Å². The van der Waals surface area contributed by atoms with Crippen molar-refractivity contribution in [3.8, 4) is 22.6 Å². The van der Waals surface area contributed by atoms with Crippen molar-refractivity contribution in [3.63, 3.8) is 0 Å². The van der Waals surface area contributed by atoms with Crippen molar-refractivity contribution in [2.75, 3.05) is 12.0 Å². The van der Waals surface area contributed by atoms with Crippen molar-refractivity contribution in [2.45, 2.75) is 32.2 Å². The van der Waals surface area contributed by atoms with Crippen LogP contribution in [0.15, 0.2) is 97.1 Å². The topological polar surface area (TPSA) is 75.6 Å². The molecule has 2 N–H and O–H groups in total. The number of carboxylic acid groups (broad SMARTS) is 1. The summed E-state index contributed by atoms with van der Waals surface area (Å²) >= 11 is 1.56. The SMILES string of the molecule is CSCCC(NC(=O)c1ccc(CCc2cccc(Oc3ccccc3)c2)cc1-c1ccccc1C)C(=O)O.[LiH]. The Morgan fingerprint density at radius 2 is 1.50 bits per heavy atom. The number of hydrogen-bond acceptors (Lipinski definition) is 4. The number of carboxylic acids is 1. The standard InChI is InChI=1S/C33H33NO4S.Li.H/c1-23-9-6-7-14-28(23)30-22-25(17-18-29(30)32(35)34-31(33(36)37)19-20-39-2)16-15-24-10-8-13-27(21-24)38-26-11-4-3-5-12-26;;/h3-14,17-18,21-22,31H,15-16,19-20H2,1-2H3,(H,34,35)(H,36,37);;. The molecular weight excluding hydrogens is 513 g/mol. The van der Waals surface area contributed by atoms with Crippen molar-refractivity contribution in [1.29, 1.82) is 0 Å². The van der Waals surface area contributed by atoms with Crippen molar-refractivity contribution < 1.29 is 19.4 Å². The van der Waals surface area contributed by atoms with Crippen LogP contribution in [0.5, 0.6) is 11.5 Å². The number of carbonyl (C=O) groups is 2. The van der Waals surface area contributed by atoms with E-state index in [1.807, 2.05) is 92.0 Å². The van der Waals surface area contributed by atoms with Gasteiger partial charge in [0.25, 0.3) is 5.91 Å². The number of ether oxygens (including phenoxy) is 1. The van der Waals surface area contributed by atoms with Crippen LogP contribution in [0.3, 0.4) is 0 Å². The first-order valence-corrected chi connectivity index (χ1v) is 14.4. The molecule has 1 atom stereocenters. The van der Waals surface area contributed by atoms with E-state index in [9.17, 15) is 14.7 Å². The van der Waals surface area contributed by atoms with E-state index in [0.29, 0.717) is 17.7 Å². The fourth-order valence-corrected chi connectivity index (χ4v) is 4.92. The number of aliphatic carboxylic acids is 1. The summed E-state index contributed by atoms with van der Waals surface area (Å²) in [4.78, 5) is 25.1. The molecule has 1 unspecified atom stereocenters. The van der Waals surface area contributed by atoms with Crippen molar-refractivity contribution in [3.05, 3.63) is 119 Å². The second-order valence-corrected chi connectivity index (χ2v) is 10.4. The molecule has 0 radical (unpaired) electrons. The molecule has 0 aliphatic carbocycles. The van der Waals surface area contributed by atoms with Crippen molar-refractivity contribution in [2.24, 2.45) is 0 Å². The van der Waals surface area contributed by atoms with Crippen molar-refractivity contribution >= 4 is 42.5 Å². The molecule has 0 aliphatic rings. The summed E-state index contributed by atoms with van der Waals surface area (Å²) in [5.41, 5.74) is 5.53. The Hall–Kier alpha value is -3.43. The Balaban J connectivity index is 0.00000441. The maximum atomic E-state index is 13.3. The molecule has 4 aromatic rings. The van der Waals surface area contributed by atoms with Gasteiger partial charge in [-0.05, 0) is 96.3 Å². The molecule has 0 saturated carbocycles. The van der Waals surface area contributed by atoms with Crippen molar-refractivity contribution in [1.82, 2.24) is 5.32 Å². The Morgan fingerprint density at radius 1 is 0.825 bits per heavy atom. The zero-order valence-corrected chi connectivity index (χ0v) is 23.0. The number of carbonyl (C=O) groups excluding carboxylic acids is 1. The third kappa shape index (κ3) is 8.53. The number of hydrogen-bond donors (Lipinski definition) is 2. The summed E-state index contributed by atoms with van der Waals surface area (Å²) in [5.74, 6) is 0.841. The monoisotopic (exact) mass is 547 g/mol. The van der Waals surface area contributed by atoms with Gasteiger partial charge in [-0.25, -0.2) is 4.79 Å². The van der Waals surface area contributed by atoms with Crippen LogP contribution in [-0.4, -0.2) is 53.9 Å². The minimum absolute atomic E-state index is 0. The average Bonchev–Trinajstić information content (AvgIpc) is 2.95. The van der Waals surface area contributed by atoms with E-state index in [4.69, 9.17) is 4.74 Å². The summed E-state index contributed by atoms with van der Waals surface area (Å²) in [7, 11) is 0. The number of amides is 1. The first kappa shape index (κ1) is 31.1. The second-order valence-electron chi connectivity index (χ2n) is 9.40. The van der Waals surface area contributed by atoms with Crippen LogP contribution >= 0.6 is 11.8 Å². The predicted octanol–water partition coefficient (Wildman–Crippen LogP) is 6.53. The van der Waals surface area contributed by atoms with E-state index in [0.717, 1.165) is 52.2 Å². The van der Waals surface area contributed by atoms with Crippen LogP contribution in [0.4, 0.5) is 0 Å². The Morgan fingerprint density at radius 3 is 2.20 bits per heavy atom. The summed E-state index contributed by atoms with van der Waals surface area (Å²) in [6.45, 7) is 2.01. The molecule has 40 heavy (non-hydrogen) atoms. The summed E-state index contributed by atoms with van der Waals surface area (Å²) < 4.78 is 5.99. The zero-order valence-electron chi connectivity index (χ0n) is 22.2. The van der Waals surface area contributed by atoms with Gasteiger partial charge in [-0.3, -0.25) is 4.79 Å². The Bertz CT molecular complexity index is 1430. The molecule has 0 heterocycles. The van der Waals surface area contributed by atoms with E-state index < -0.39 is 12.0 Å². The van der Waals surface area contributed by atoms with Gasteiger partial charge in [-0.2, -0.15) is 11.8 Å². The molecule has 0 saturated heterocycles. The molecule has 0 aliphatic heterocycles. The summed E-state index contributed by atoms with van der Waals surface area (Å²) in [6, 6.07) is 30.6. The van der Waals surface area contributed by atoms with E-state index in [2.05, 4.69) is 23.5 Å². The van der Waals surface area contributed by atoms with Gasteiger partial charge in [-0.1, -0.05) is 66.7 Å². The minimum atomic E-state index is -1.02. The molecule has 1 amide bonds. The maximum absolute atomic E-state index is 13.3. The number of para-hydroxylation sites is 1. The number of benzene rings is 4. The van der Waals surface area contributed by atoms with E-state index in [1.165, 1.54) is 0 Å². The number of thioether (sulfide) groups is 1. The predicted molar refractivity (Wildman–Crippen MR) is 166 cm³/mol. The van der Waals surface area contributed by atoms with Gasteiger partial charge in [0, 0.05) is 5.56 Å². The molecule has 4 aromatic carbocycles. The quantitative estimate of drug-likeness (QED) is 0.197. The first-order valence-electron chi connectivity index (χ1n) is 13.0. The van der Waals surface area contributed by atoms with Crippen LogP contribution in [-0.2, 0) is 17.6 Å². The second kappa shape index (κ2) is 15.4. The van der Waals surface area contributed by atoms with Crippen LogP contribution in [0.25, 0.3) is 11.1 Å². The molecule has 0 fully saturated rings. The number of aryl methyl sites for hydroxylation is 3. The van der Waals surface area contributed by atoms with E-state index in [-0.39, 0.29) is 24.8 Å². The first-order chi connectivity index (χ1) is 18.9. The van der Waals surface area contributed by atoms with Crippen LogP contribution in [0, 0.1) is 6.92 Å². The summed E-state index contributed by atoms with van der Waals surface area (Å²) in [5, 5.41) is 12.4. The van der Waals surface area contributed by atoms with Gasteiger partial charge in [0.2, 0.25) is 0 Å². The normalized spacial score (nSPS) is 11.2. The van der Waals surface area contributed by atoms with Gasteiger partial charge in [0.15, 0.2) is 0 Å². The third-order valence-corrected chi connectivity index (χ3v) is 7.20. The van der Waals surface area contributed by atoms with Gasteiger partial charge in [-0.15, -0.1) is 0 Å². The molecule has 0 bridgehead atoms. The molecule has 202 valence electrons. The zero-order chi connectivity index (χ0) is 27.6. The molecule has 5 nitrogen and oxygen atoms in total. The molecule has 4 rings (SSSR count). The van der Waals surface area contributed by atoms with Gasteiger partial charge in [0.1, 0.15) is 17.5 Å². The third-order valence-electron chi connectivity index (χ3n) is 6.56. The molecular formula is C33H34LiNO4S. The Kier molecular flexibility index (Phi) is 12.0. The molecule has 0 spiro atoms. The Labute approximate surface area is 252 Å². The average molecular weight is 548 g/mol.